The van der Waals surface area contributed by atoms with Gasteiger partial charge in [0.05, 0.1) is 0 Å². The van der Waals surface area contributed by atoms with Crippen LogP contribution in [-0.4, -0.2) is 11.9 Å². The van der Waals surface area contributed by atoms with Gasteiger partial charge in [-0.2, -0.15) is 0 Å². The molecule has 4 nitrogen and oxygen atoms in total. The van der Waals surface area contributed by atoms with Gasteiger partial charge in [0.15, 0.2) is 5.70 Å². The summed E-state index contributed by atoms with van der Waals surface area (Å²) in [5.74, 6) is -0.238. The van der Waals surface area contributed by atoms with E-state index in [0.717, 1.165) is 16.5 Å². The van der Waals surface area contributed by atoms with Gasteiger partial charge < -0.3 is 9.47 Å². The number of nitrogens with zero attached hydrogens (tertiary/aromatic N) is 1. The van der Waals surface area contributed by atoms with Crippen molar-refractivity contribution in [1.82, 2.24) is 0 Å². The van der Waals surface area contributed by atoms with E-state index in [1.807, 2.05) is 48.5 Å². The van der Waals surface area contributed by atoms with Gasteiger partial charge in [0, 0.05) is 5.56 Å². The van der Waals surface area contributed by atoms with Crippen molar-refractivity contribution >= 4 is 28.7 Å². The van der Waals surface area contributed by atoms with Gasteiger partial charge >= 0.3 is 5.97 Å². The molecule has 4 aromatic carbocycles. The van der Waals surface area contributed by atoms with Crippen molar-refractivity contribution in [2.75, 3.05) is 0 Å². The number of benzene rings is 4. The van der Waals surface area contributed by atoms with Gasteiger partial charge in [0.1, 0.15) is 18.2 Å². The van der Waals surface area contributed by atoms with Gasteiger partial charge in [0.25, 0.3) is 0 Å². The van der Waals surface area contributed by atoms with Crippen LogP contribution < -0.4 is 4.74 Å². The van der Waals surface area contributed by atoms with Crippen molar-refractivity contribution in [2.45, 2.75) is 6.61 Å². The zero-order chi connectivity index (χ0) is 21.9. The quantitative estimate of drug-likeness (QED) is 0.296. The van der Waals surface area contributed by atoms with Crippen molar-refractivity contribution in [2.24, 2.45) is 4.99 Å². The fourth-order valence-electron chi connectivity index (χ4n) is 3.59. The number of rotatable bonds is 5. The minimum atomic E-state index is -0.577. The third-order valence-electron chi connectivity index (χ3n) is 5.13. The number of fused-ring (bicyclic) bond motifs is 1. The van der Waals surface area contributed by atoms with Crippen molar-refractivity contribution < 1.29 is 18.7 Å². The van der Waals surface area contributed by atoms with Gasteiger partial charge in [-0.1, -0.05) is 60.7 Å². The van der Waals surface area contributed by atoms with E-state index in [4.69, 9.17) is 9.47 Å². The predicted octanol–water partition coefficient (Wildman–Crippen LogP) is 5.90. The molecule has 1 aliphatic rings. The van der Waals surface area contributed by atoms with E-state index in [0.29, 0.717) is 17.9 Å². The summed E-state index contributed by atoms with van der Waals surface area (Å²) in [6, 6.07) is 27.5. The Hall–Kier alpha value is -4.25. The Morgan fingerprint density at radius 2 is 1.72 bits per heavy atom. The topological polar surface area (TPSA) is 47.9 Å². The number of halogens is 1. The summed E-state index contributed by atoms with van der Waals surface area (Å²) in [6.07, 6.45) is 1.62. The maximum absolute atomic E-state index is 13.5. The summed E-state index contributed by atoms with van der Waals surface area (Å²) < 4.78 is 24.7. The lowest BCUT2D eigenvalue weighted by molar-refractivity contribution is -0.129. The number of aliphatic imine (C=N–C) groups is 1. The Morgan fingerprint density at radius 3 is 2.62 bits per heavy atom. The molecule has 156 valence electrons. The van der Waals surface area contributed by atoms with Crippen molar-refractivity contribution in [3.8, 4) is 5.75 Å². The highest BCUT2D eigenvalue weighted by molar-refractivity contribution is 6.12. The van der Waals surface area contributed by atoms with Gasteiger partial charge in [-0.3, -0.25) is 0 Å². The molecular weight excluding hydrogens is 405 g/mol. The summed E-state index contributed by atoms with van der Waals surface area (Å²) in [7, 11) is 0. The molecule has 0 saturated carbocycles. The molecule has 0 amide bonds. The van der Waals surface area contributed by atoms with Crippen LogP contribution >= 0.6 is 0 Å². The van der Waals surface area contributed by atoms with Crippen LogP contribution in [0.1, 0.15) is 16.7 Å². The van der Waals surface area contributed by atoms with E-state index >= 15 is 0 Å². The minimum absolute atomic E-state index is 0.0871. The molecule has 0 atom stereocenters. The Bertz CT molecular complexity index is 1390. The Balaban J connectivity index is 1.36. The largest absolute Gasteiger partial charge is 0.489 e. The van der Waals surface area contributed by atoms with Crippen LogP contribution in [0.5, 0.6) is 5.75 Å². The summed E-state index contributed by atoms with van der Waals surface area (Å²) >= 11 is 0. The van der Waals surface area contributed by atoms with Crippen LogP contribution in [0.2, 0.25) is 0 Å². The number of ether oxygens (including phenoxy) is 2. The Kier molecular flexibility index (Phi) is 5.22. The van der Waals surface area contributed by atoms with Crippen molar-refractivity contribution in [1.29, 1.82) is 0 Å². The molecule has 0 N–H and O–H groups in total. The normalized spacial score (nSPS) is 14.5. The average molecular weight is 423 g/mol. The first kappa shape index (κ1) is 19.7. The molecule has 0 fully saturated rings. The predicted molar refractivity (Wildman–Crippen MR) is 122 cm³/mol. The van der Waals surface area contributed by atoms with Gasteiger partial charge in [-0.05, 0) is 58.3 Å². The molecule has 1 aliphatic heterocycles. The second-order valence-electron chi connectivity index (χ2n) is 7.35. The summed E-state index contributed by atoms with van der Waals surface area (Å²) in [4.78, 5) is 16.5. The van der Waals surface area contributed by atoms with Crippen LogP contribution in [0.15, 0.2) is 102 Å². The van der Waals surface area contributed by atoms with E-state index in [-0.39, 0.29) is 11.6 Å². The molecule has 1 heterocycles. The maximum Gasteiger partial charge on any atom is 0.363 e. The number of carbonyl (C=O) groups is 1. The zero-order valence-corrected chi connectivity index (χ0v) is 17.0. The van der Waals surface area contributed by atoms with E-state index in [1.165, 1.54) is 17.5 Å². The van der Waals surface area contributed by atoms with Gasteiger partial charge in [-0.15, -0.1) is 0 Å². The van der Waals surface area contributed by atoms with E-state index in [2.05, 4.69) is 23.2 Å². The van der Waals surface area contributed by atoms with E-state index in [1.54, 1.807) is 18.2 Å². The first-order valence-electron chi connectivity index (χ1n) is 10.1. The Morgan fingerprint density at radius 1 is 0.906 bits per heavy atom. The molecule has 0 radical (unpaired) electrons. The van der Waals surface area contributed by atoms with Crippen LogP contribution in [-0.2, 0) is 16.1 Å². The first-order valence-corrected chi connectivity index (χ1v) is 10.1. The monoisotopic (exact) mass is 423 g/mol. The fraction of sp³-hybridized carbons (Fsp3) is 0.0370. The zero-order valence-electron chi connectivity index (χ0n) is 17.0. The molecule has 0 aliphatic carbocycles. The highest BCUT2D eigenvalue weighted by Crippen LogP contribution is 2.24. The summed E-state index contributed by atoms with van der Waals surface area (Å²) in [5, 5.41) is 2.32. The molecule has 0 saturated heterocycles. The van der Waals surface area contributed by atoms with Crippen LogP contribution in [0, 0.1) is 5.82 Å². The number of hydrogen-bond donors (Lipinski definition) is 0. The van der Waals surface area contributed by atoms with Crippen molar-refractivity contribution in [3.05, 3.63) is 119 Å². The third-order valence-corrected chi connectivity index (χ3v) is 5.13. The van der Waals surface area contributed by atoms with Gasteiger partial charge in [0.2, 0.25) is 5.90 Å². The molecule has 0 spiro atoms. The van der Waals surface area contributed by atoms with Crippen LogP contribution in [0.25, 0.3) is 16.8 Å². The molecule has 5 rings (SSSR count). The standard InChI is InChI=1S/C27H18FNO3/c28-22-11-5-9-20(16-22)26-29-25(27(30)32-26)15-18-6-3-12-23(14-18)31-17-21-10-4-8-19-7-1-2-13-24(19)21/h1-16H,17H2/b25-15+. The summed E-state index contributed by atoms with van der Waals surface area (Å²) in [6.45, 7) is 0.422. The number of carbonyl (C=O) groups excluding carboxylic acids is 1. The lowest BCUT2D eigenvalue weighted by atomic mass is 10.1. The molecule has 32 heavy (non-hydrogen) atoms. The molecule has 0 bridgehead atoms. The molecule has 5 heteroatoms. The Labute approximate surface area is 184 Å². The fourth-order valence-corrected chi connectivity index (χ4v) is 3.59. The van der Waals surface area contributed by atoms with Crippen LogP contribution in [0.4, 0.5) is 4.39 Å². The second kappa shape index (κ2) is 8.47. The summed E-state index contributed by atoms with van der Waals surface area (Å²) in [5.41, 5.74) is 2.40. The average Bonchev–Trinajstić information content (AvgIpc) is 3.18. The highest BCUT2D eigenvalue weighted by Gasteiger charge is 2.24. The van der Waals surface area contributed by atoms with E-state index < -0.39 is 11.8 Å². The number of esters is 1. The molecule has 0 aromatic heterocycles. The third kappa shape index (κ3) is 4.14. The number of hydrogen-bond acceptors (Lipinski definition) is 4. The molecule has 4 aromatic rings. The lowest BCUT2D eigenvalue weighted by Gasteiger charge is -2.09. The van der Waals surface area contributed by atoms with Crippen LogP contribution in [0.3, 0.4) is 0 Å². The molecule has 0 unspecified atom stereocenters. The van der Waals surface area contributed by atoms with E-state index in [9.17, 15) is 9.18 Å². The molecular formula is C27H18FNO3. The smallest absolute Gasteiger partial charge is 0.363 e. The number of cyclic esters (lactones) is 1. The highest BCUT2D eigenvalue weighted by atomic mass is 19.1. The SMILES string of the molecule is O=C1OC(c2cccc(F)c2)=N/C1=C/c1cccc(OCc2cccc3ccccc23)c1. The van der Waals surface area contributed by atoms with Crippen molar-refractivity contribution in [3.63, 3.8) is 0 Å². The lowest BCUT2D eigenvalue weighted by Crippen LogP contribution is -2.05. The maximum atomic E-state index is 13.5. The minimum Gasteiger partial charge on any atom is -0.489 e. The van der Waals surface area contributed by atoms with Gasteiger partial charge in [-0.25, -0.2) is 14.2 Å². The second-order valence-corrected chi connectivity index (χ2v) is 7.35. The first-order chi connectivity index (χ1) is 15.7.